The van der Waals surface area contributed by atoms with E-state index in [0.29, 0.717) is 6.04 Å². The second-order valence-electron chi connectivity index (χ2n) is 3.92. The van der Waals surface area contributed by atoms with E-state index in [9.17, 15) is 4.79 Å². The number of nitrogens with two attached hydrogens (primary N) is 1. The first-order valence-corrected chi connectivity index (χ1v) is 5.25. The van der Waals surface area contributed by atoms with E-state index in [1.807, 2.05) is 23.9 Å². The van der Waals surface area contributed by atoms with Gasteiger partial charge in [0.15, 0.2) is 0 Å². The molecule has 2 heterocycles. The van der Waals surface area contributed by atoms with E-state index in [-0.39, 0.29) is 11.9 Å². The van der Waals surface area contributed by atoms with E-state index in [0.717, 1.165) is 19.5 Å². The molecule has 0 bridgehead atoms. The molecule has 1 saturated heterocycles. The monoisotopic (exact) mass is 208 g/mol. The largest absolute Gasteiger partial charge is 0.368 e. The lowest BCUT2D eigenvalue weighted by molar-refractivity contribution is -0.126. The van der Waals surface area contributed by atoms with Crippen LogP contribution in [0.25, 0.3) is 0 Å². The second kappa shape index (κ2) is 4.02. The minimum absolute atomic E-state index is 0.114. The topological polar surface area (TPSA) is 64.2 Å². The number of amides is 1. The van der Waals surface area contributed by atoms with Crippen LogP contribution in [0.5, 0.6) is 0 Å². The van der Waals surface area contributed by atoms with Crippen molar-refractivity contribution in [2.45, 2.75) is 25.4 Å². The number of likely N-dealkylation sites (tertiary alicyclic amines) is 1. The molecule has 1 aromatic heterocycles. The van der Waals surface area contributed by atoms with Gasteiger partial charge in [0.25, 0.3) is 0 Å². The number of hydrogen-bond donors (Lipinski definition) is 1. The molecule has 1 aliphatic rings. The molecule has 0 spiro atoms. The smallest absolute Gasteiger partial charge is 0.234 e. The summed E-state index contributed by atoms with van der Waals surface area (Å²) < 4.78 is 1.93. The predicted molar refractivity (Wildman–Crippen MR) is 56.1 cm³/mol. The quantitative estimate of drug-likeness (QED) is 0.757. The van der Waals surface area contributed by atoms with Gasteiger partial charge < -0.3 is 5.73 Å². The second-order valence-corrected chi connectivity index (χ2v) is 3.92. The Kier molecular flexibility index (Phi) is 2.73. The van der Waals surface area contributed by atoms with Crippen LogP contribution in [0.1, 0.15) is 19.4 Å². The molecule has 1 fully saturated rings. The van der Waals surface area contributed by atoms with Crippen molar-refractivity contribution in [2.24, 2.45) is 5.73 Å². The van der Waals surface area contributed by atoms with Crippen molar-refractivity contribution in [3.63, 3.8) is 0 Å². The molecule has 1 atom stereocenters. The molecule has 5 heteroatoms. The van der Waals surface area contributed by atoms with Crippen LogP contribution in [0.4, 0.5) is 0 Å². The summed E-state index contributed by atoms with van der Waals surface area (Å²) in [5.74, 6) is -0.226. The molecule has 0 radical (unpaired) electrons. The summed E-state index contributed by atoms with van der Waals surface area (Å²) in [5.41, 5.74) is 5.32. The minimum Gasteiger partial charge on any atom is -0.368 e. The van der Waals surface area contributed by atoms with Crippen LogP contribution in [0.15, 0.2) is 18.5 Å². The molecule has 0 aliphatic carbocycles. The highest BCUT2D eigenvalue weighted by Crippen LogP contribution is 2.23. The Bertz CT molecular complexity index is 329. The van der Waals surface area contributed by atoms with E-state index in [4.69, 9.17) is 5.73 Å². The van der Waals surface area contributed by atoms with Crippen LogP contribution in [-0.2, 0) is 4.79 Å². The first kappa shape index (κ1) is 10.2. The zero-order valence-electron chi connectivity index (χ0n) is 8.84. The van der Waals surface area contributed by atoms with Gasteiger partial charge in [0.05, 0.1) is 12.1 Å². The van der Waals surface area contributed by atoms with Crippen LogP contribution in [0.3, 0.4) is 0 Å². The number of nitrogens with zero attached hydrogens (tertiary/aromatic N) is 3. The Morgan fingerprint density at radius 3 is 2.87 bits per heavy atom. The highest BCUT2D eigenvalue weighted by atomic mass is 16.1. The fourth-order valence-electron chi connectivity index (χ4n) is 2.05. The van der Waals surface area contributed by atoms with E-state index in [2.05, 4.69) is 10.00 Å². The van der Waals surface area contributed by atoms with E-state index < -0.39 is 0 Å². The summed E-state index contributed by atoms with van der Waals surface area (Å²) in [6.45, 7) is 3.71. The maximum absolute atomic E-state index is 11.1. The normalized spacial score (nSPS) is 19.8. The molecule has 82 valence electrons. The Morgan fingerprint density at radius 2 is 2.40 bits per heavy atom. The van der Waals surface area contributed by atoms with Crippen molar-refractivity contribution in [1.82, 2.24) is 14.7 Å². The molecule has 15 heavy (non-hydrogen) atoms. The van der Waals surface area contributed by atoms with Crippen LogP contribution >= 0.6 is 0 Å². The van der Waals surface area contributed by atoms with Gasteiger partial charge in [-0.05, 0) is 12.5 Å². The summed E-state index contributed by atoms with van der Waals surface area (Å²) >= 11 is 0. The average Bonchev–Trinajstić information content (AvgIpc) is 2.61. The Hall–Kier alpha value is -1.36. The molecule has 2 N–H and O–H groups in total. The lowest BCUT2D eigenvalue weighted by Gasteiger charge is -2.42. The first-order valence-electron chi connectivity index (χ1n) is 5.25. The minimum atomic E-state index is -0.226. The van der Waals surface area contributed by atoms with E-state index in [1.54, 1.807) is 6.20 Å². The maximum Gasteiger partial charge on any atom is 0.234 e. The summed E-state index contributed by atoms with van der Waals surface area (Å²) in [5, 5.41) is 4.18. The number of rotatable bonds is 4. The first-order chi connectivity index (χ1) is 7.22. The SMILES string of the molecule is CCC(C(N)=O)N1CC(n2cccn2)C1. The van der Waals surface area contributed by atoms with Crippen LogP contribution in [-0.4, -0.2) is 39.7 Å². The third-order valence-corrected chi connectivity index (χ3v) is 2.95. The van der Waals surface area contributed by atoms with Gasteiger partial charge in [-0.3, -0.25) is 14.4 Å². The average molecular weight is 208 g/mol. The number of carbonyl (C=O) groups excluding carboxylic acids is 1. The van der Waals surface area contributed by atoms with Crippen molar-refractivity contribution >= 4 is 5.91 Å². The van der Waals surface area contributed by atoms with Crippen LogP contribution in [0, 0.1) is 0 Å². The Morgan fingerprint density at radius 1 is 1.67 bits per heavy atom. The van der Waals surface area contributed by atoms with E-state index in [1.165, 1.54) is 0 Å². The van der Waals surface area contributed by atoms with Crippen molar-refractivity contribution < 1.29 is 4.79 Å². The van der Waals surface area contributed by atoms with Gasteiger partial charge in [-0.2, -0.15) is 5.10 Å². The highest BCUT2D eigenvalue weighted by molar-refractivity contribution is 5.79. The molecule has 1 aliphatic heterocycles. The summed E-state index contributed by atoms with van der Waals surface area (Å²) in [4.78, 5) is 13.2. The van der Waals surface area contributed by atoms with E-state index >= 15 is 0 Å². The van der Waals surface area contributed by atoms with Gasteiger partial charge >= 0.3 is 0 Å². The molecule has 1 aromatic rings. The number of primary amides is 1. The van der Waals surface area contributed by atoms with Gasteiger partial charge in [-0.15, -0.1) is 0 Å². The van der Waals surface area contributed by atoms with Gasteiger partial charge in [0, 0.05) is 25.5 Å². The zero-order chi connectivity index (χ0) is 10.8. The highest BCUT2D eigenvalue weighted by Gasteiger charge is 2.35. The fraction of sp³-hybridized carbons (Fsp3) is 0.600. The lowest BCUT2D eigenvalue weighted by atomic mass is 10.0. The summed E-state index contributed by atoms with van der Waals surface area (Å²) in [7, 11) is 0. The lowest BCUT2D eigenvalue weighted by Crippen LogP contribution is -2.56. The molecular weight excluding hydrogens is 192 g/mol. The Balaban J connectivity index is 1.90. The molecule has 1 unspecified atom stereocenters. The third kappa shape index (κ3) is 1.87. The summed E-state index contributed by atoms with van der Waals surface area (Å²) in [6, 6.07) is 2.19. The van der Waals surface area contributed by atoms with Crippen LogP contribution < -0.4 is 5.73 Å². The molecule has 1 amide bonds. The molecule has 0 saturated carbocycles. The number of hydrogen-bond acceptors (Lipinski definition) is 3. The molecule has 0 aromatic carbocycles. The maximum atomic E-state index is 11.1. The van der Waals surface area contributed by atoms with Gasteiger partial charge in [0.1, 0.15) is 0 Å². The van der Waals surface area contributed by atoms with Gasteiger partial charge in [0.2, 0.25) is 5.91 Å². The zero-order valence-corrected chi connectivity index (χ0v) is 8.84. The van der Waals surface area contributed by atoms with Crippen LogP contribution in [0.2, 0.25) is 0 Å². The third-order valence-electron chi connectivity index (χ3n) is 2.95. The van der Waals surface area contributed by atoms with Crippen molar-refractivity contribution in [2.75, 3.05) is 13.1 Å². The van der Waals surface area contributed by atoms with Crippen molar-refractivity contribution in [1.29, 1.82) is 0 Å². The van der Waals surface area contributed by atoms with Gasteiger partial charge in [-0.25, -0.2) is 0 Å². The predicted octanol–water partition coefficient (Wildman–Crippen LogP) is 0.00370. The molecule has 2 rings (SSSR count). The fourth-order valence-corrected chi connectivity index (χ4v) is 2.05. The summed E-state index contributed by atoms with van der Waals surface area (Å²) in [6.07, 6.45) is 4.50. The van der Waals surface area contributed by atoms with Gasteiger partial charge in [-0.1, -0.05) is 6.92 Å². The standard InChI is InChI=1S/C10H16N4O/c1-2-9(10(11)15)13-6-8(7-13)14-5-3-4-12-14/h3-5,8-9H,2,6-7H2,1H3,(H2,11,15). The number of carbonyl (C=O) groups is 1. The molecular formula is C10H16N4O. The van der Waals surface area contributed by atoms with Crippen molar-refractivity contribution in [3.8, 4) is 0 Å². The molecule has 5 nitrogen and oxygen atoms in total. The number of aromatic nitrogens is 2. The van der Waals surface area contributed by atoms with Crippen molar-refractivity contribution in [3.05, 3.63) is 18.5 Å². The Labute approximate surface area is 88.8 Å².